The Morgan fingerprint density at radius 1 is 1.44 bits per heavy atom. The molecule has 0 heterocycles. The molecule has 0 atom stereocenters. The second kappa shape index (κ2) is 4.63. The van der Waals surface area contributed by atoms with E-state index < -0.39 is 5.60 Å². The molecule has 88 valence electrons. The van der Waals surface area contributed by atoms with Gasteiger partial charge in [-0.2, -0.15) is 0 Å². The number of hydrogen-bond acceptors (Lipinski definition) is 3. The van der Waals surface area contributed by atoms with Crippen molar-refractivity contribution >= 4 is 15.9 Å². The summed E-state index contributed by atoms with van der Waals surface area (Å²) < 4.78 is 11.7. The molecule has 0 amide bonds. The van der Waals surface area contributed by atoms with Crippen LogP contribution >= 0.6 is 15.9 Å². The van der Waals surface area contributed by atoms with Gasteiger partial charge in [-0.05, 0) is 47.3 Å². The number of benzene rings is 1. The highest BCUT2D eigenvalue weighted by molar-refractivity contribution is 9.10. The summed E-state index contributed by atoms with van der Waals surface area (Å²) in [7, 11) is 1.60. The maximum atomic E-state index is 9.94. The molecule has 0 saturated heterocycles. The molecule has 1 fully saturated rings. The van der Waals surface area contributed by atoms with E-state index in [9.17, 15) is 5.11 Å². The second-order valence-corrected chi connectivity index (χ2v) is 4.99. The molecular weight excluding hydrogens is 272 g/mol. The van der Waals surface area contributed by atoms with Crippen molar-refractivity contribution in [3.63, 3.8) is 0 Å². The molecule has 4 heteroatoms. The molecule has 1 saturated carbocycles. The molecule has 0 spiro atoms. The van der Waals surface area contributed by atoms with Crippen molar-refractivity contribution in [1.82, 2.24) is 0 Å². The van der Waals surface area contributed by atoms with Crippen LogP contribution in [0.25, 0.3) is 0 Å². The Labute approximate surface area is 104 Å². The summed E-state index contributed by atoms with van der Waals surface area (Å²) in [5, 5.41) is 9.94. The normalized spacial score (nSPS) is 17.7. The van der Waals surface area contributed by atoms with Crippen LogP contribution < -0.4 is 9.47 Å². The summed E-state index contributed by atoms with van der Waals surface area (Å²) in [4.78, 5) is 0. The van der Waals surface area contributed by atoms with E-state index in [1.807, 2.05) is 18.2 Å². The smallest absolute Gasteiger partial charge is 0.175 e. The van der Waals surface area contributed by atoms with Crippen LogP contribution in [0.2, 0.25) is 0 Å². The lowest BCUT2D eigenvalue weighted by Gasteiger charge is -2.36. The number of rotatable bonds is 4. The van der Waals surface area contributed by atoms with Crippen molar-refractivity contribution in [3.8, 4) is 11.5 Å². The van der Waals surface area contributed by atoms with Gasteiger partial charge in [0.05, 0.1) is 17.2 Å². The van der Waals surface area contributed by atoms with Crippen molar-refractivity contribution in [1.29, 1.82) is 0 Å². The first-order valence-corrected chi connectivity index (χ1v) is 6.12. The molecule has 1 N–H and O–H groups in total. The molecule has 0 bridgehead atoms. The maximum Gasteiger partial charge on any atom is 0.175 e. The zero-order valence-electron chi connectivity index (χ0n) is 9.20. The topological polar surface area (TPSA) is 38.7 Å². The van der Waals surface area contributed by atoms with Gasteiger partial charge in [0, 0.05) is 0 Å². The lowest BCUT2D eigenvalue weighted by Crippen LogP contribution is -2.42. The second-order valence-electron chi connectivity index (χ2n) is 4.14. The minimum atomic E-state index is -0.639. The van der Waals surface area contributed by atoms with Crippen LogP contribution in [0.5, 0.6) is 11.5 Å². The van der Waals surface area contributed by atoms with Crippen LogP contribution in [0.4, 0.5) is 0 Å². The van der Waals surface area contributed by atoms with Gasteiger partial charge in [0.25, 0.3) is 0 Å². The van der Waals surface area contributed by atoms with Gasteiger partial charge in [-0.25, -0.2) is 0 Å². The Kier molecular flexibility index (Phi) is 3.40. The molecular formula is C12H15BrO3. The van der Waals surface area contributed by atoms with E-state index in [1.165, 1.54) is 0 Å². The molecule has 0 radical (unpaired) electrons. The van der Waals surface area contributed by atoms with Crippen LogP contribution in [-0.4, -0.2) is 24.4 Å². The zero-order valence-corrected chi connectivity index (χ0v) is 10.8. The molecule has 1 aromatic carbocycles. The van der Waals surface area contributed by atoms with E-state index in [4.69, 9.17) is 9.47 Å². The Morgan fingerprint density at radius 3 is 2.75 bits per heavy atom. The van der Waals surface area contributed by atoms with Gasteiger partial charge in [-0.1, -0.05) is 6.07 Å². The fraction of sp³-hybridized carbons (Fsp3) is 0.500. The Bertz CT molecular complexity index is 375. The molecule has 0 unspecified atom stereocenters. The van der Waals surface area contributed by atoms with Gasteiger partial charge >= 0.3 is 0 Å². The van der Waals surface area contributed by atoms with Crippen LogP contribution in [-0.2, 0) is 0 Å². The number of methoxy groups -OCH3 is 1. The number of halogens is 1. The van der Waals surface area contributed by atoms with Gasteiger partial charge < -0.3 is 14.6 Å². The first-order chi connectivity index (χ1) is 7.64. The van der Waals surface area contributed by atoms with Gasteiger partial charge in [-0.15, -0.1) is 0 Å². The molecule has 0 aliphatic heterocycles. The highest BCUT2D eigenvalue weighted by Crippen LogP contribution is 2.37. The molecule has 16 heavy (non-hydrogen) atoms. The first-order valence-electron chi connectivity index (χ1n) is 5.32. The van der Waals surface area contributed by atoms with Crippen LogP contribution in [0.1, 0.15) is 19.3 Å². The van der Waals surface area contributed by atoms with Crippen molar-refractivity contribution in [2.75, 3.05) is 13.7 Å². The van der Waals surface area contributed by atoms with Crippen LogP contribution in [0.3, 0.4) is 0 Å². The van der Waals surface area contributed by atoms with Gasteiger partial charge in [0.1, 0.15) is 6.61 Å². The van der Waals surface area contributed by atoms with Gasteiger partial charge in [0.15, 0.2) is 11.5 Å². The van der Waals surface area contributed by atoms with Crippen molar-refractivity contribution < 1.29 is 14.6 Å². The van der Waals surface area contributed by atoms with Crippen LogP contribution in [0, 0.1) is 0 Å². The summed E-state index contributed by atoms with van der Waals surface area (Å²) in [6.45, 7) is 0.325. The third kappa shape index (κ3) is 2.33. The molecule has 3 nitrogen and oxygen atoms in total. The Balaban J connectivity index is 2.08. The fourth-order valence-corrected chi connectivity index (χ4v) is 2.19. The van der Waals surface area contributed by atoms with Crippen LogP contribution in [0.15, 0.2) is 22.7 Å². The SMILES string of the molecule is COc1cccc(Br)c1OCC1(O)CCC1. The van der Waals surface area contributed by atoms with E-state index in [-0.39, 0.29) is 0 Å². The van der Waals surface area contributed by atoms with E-state index >= 15 is 0 Å². The molecule has 1 aliphatic carbocycles. The lowest BCUT2D eigenvalue weighted by molar-refractivity contribution is -0.0668. The predicted molar refractivity (Wildman–Crippen MR) is 65.0 cm³/mol. The molecule has 1 aromatic rings. The van der Waals surface area contributed by atoms with Gasteiger partial charge in [-0.3, -0.25) is 0 Å². The minimum Gasteiger partial charge on any atom is -0.493 e. The highest BCUT2D eigenvalue weighted by atomic mass is 79.9. The molecule has 1 aliphatic rings. The molecule has 2 rings (SSSR count). The fourth-order valence-electron chi connectivity index (χ4n) is 1.73. The Hall–Kier alpha value is -0.740. The summed E-state index contributed by atoms with van der Waals surface area (Å²) in [6, 6.07) is 5.61. The van der Waals surface area contributed by atoms with Crippen molar-refractivity contribution in [2.24, 2.45) is 0 Å². The van der Waals surface area contributed by atoms with E-state index in [0.29, 0.717) is 18.1 Å². The van der Waals surface area contributed by atoms with Gasteiger partial charge in [0.2, 0.25) is 0 Å². The predicted octanol–water partition coefficient (Wildman–Crippen LogP) is 2.75. The monoisotopic (exact) mass is 286 g/mol. The third-order valence-corrected chi connectivity index (χ3v) is 3.54. The largest absolute Gasteiger partial charge is 0.493 e. The lowest BCUT2D eigenvalue weighted by atomic mass is 9.81. The zero-order chi connectivity index (χ0) is 11.6. The summed E-state index contributed by atoms with van der Waals surface area (Å²) >= 11 is 3.41. The minimum absolute atomic E-state index is 0.325. The quantitative estimate of drug-likeness (QED) is 0.925. The van der Waals surface area contributed by atoms with Crippen molar-refractivity contribution in [3.05, 3.63) is 22.7 Å². The summed E-state index contributed by atoms with van der Waals surface area (Å²) in [6.07, 6.45) is 2.71. The Morgan fingerprint density at radius 2 is 2.19 bits per heavy atom. The summed E-state index contributed by atoms with van der Waals surface area (Å²) in [5.74, 6) is 1.34. The number of aliphatic hydroxyl groups is 1. The average molecular weight is 287 g/mol. The standard InChI is InChI=1S/C12H15BrO3/c1-15-10-5-2-4-9(13)11(10)16-8-12(14)6-3-7-12/h2,4-5,14H,3,6-8H2,1H3. The highest BCUT2D eigenvalue weighted by Gasteiger charge is 2.35. The summed E-state index contributed by atoms with van der Waals surface area (Å²) in [5.41, 5.74) is -0.639. The maximum absolute atomic E-state index is 9.94. The van der Waals surface area contributed by atoms with E-state index in [2.05, 4.69) is 15.9 Å². The third-order valence-electron chi connectivity index (χ3n) is 2.92. The average Bonchev–Trinajstić information content (AvgIpc) is 2.24. The van der Waals surface area contributed by atoms with E-state index in [0.717, 1.165) is 23.7 Å². The number of ether oxygens (including phenoxy) is 2. The molecule has 0 aromatic heterocycles. The van der Waals surface area contributed by atoms with E-state index in [1.54, 1.807) is 7.11 Å². The first kappa shape index (κ1) is 11.7. The number of hydrogen-bond donors (Lipinski definition) is 1. The van der Waals surface area contributed by atoms with Crippen molar-refractivity contribution in [2.45, 2.75) is 24.9 Å². The number of para-hydroxylation sites is 1.